The van der Waals surface area contributed by atoms with Gasteiger partial charge in [0.2, 0.25) is 11.8 Å². The molecule has 3 aromatic rings. The molecule has 2 aliphatic rings. The summed E-state index contributed by atoms with van der Waals surface area (Å²) in [5, 5.41) is 5.47. The molecule has 1 heterocycles. The second kappa shape index (κ2) is 9.02. The molecule has 0 spiro atoms. The highest BCUT2D eigenvalue weighted by molar-refractivity contribution is 6.05. The van der Waals surface area contributed by atoms with E-state index in [0.29, 0.717) is 22.6 Å². The largest absolute Gasteiger partial charge is 0.457 e. The third kappa shape index (κ3) is 4.50. The molecule has 1 saturated carbocycles. The van der Waals surface area contributed by atoms with Crippen molar-refractivity contribution in [3.05, 3.63) is 89.5 Å². The number of rotatable bonds is 7. The molecule has 0 radical (unpaired) electrons. The Morgan fingerprint density at radius 2 is 1.74 bits per heavy atom. The van der Waals surface area contributed by atoms with Gasteiger partial charge < -0.3 is 20.3 Å². The number of benzene rings is 3. The van der Waals surface area contributed by atoms with E-state index in [2.05, 4.69) is 10.6 Å². The number of ether oxygens (including phenoxy) is 1. The molecular weight excluding hydrogens is 430 g/mol. The van der Waals surface area contributed by atoms with Crippen LogP contribution in [0.4, 0.5) is 5.69 Å². The lowest BCUT2D eigenvalue weighted by Gasteiger charge is -2.24. The average Bonchev–Trinajstić information content (AvgIpc) is 3.63. The first-order valence-corrected chi connectivity index (χ1v) is 11.3. The molecule has 7 heteroatoms. The Balaban J connectivity index is 1.18. The van der Waals surface area contributed by atoms with Crippen molar-refractivity contribution in [3.63, 3.8) is 0 Å². The standard InChI is InChI=1S/C27H25N3O4/c1-17-5-4-6-21(15-17)34-20-13-9-18(10-14-20)29-24(31)16-28-26(32)25-22-7-2-3-8-23(22)27(33)30(25)19-11-12-19/h2-10,13-15,19,25H,11-12,16H2,1H3,(H,28,32)(H,29,31). The topological polar surface area (TPSA) is 87.7 Å². The maximum atomic E-state index is 13.0. The molecule has 3 aromatic carbocycles. The van der Waals surface area contributed by atoms with Gasteiger partial charge in [-0.25, -0.2) is 0 Å². The predicted octanol–water partition coefficient (Wildman–Crippen LogP) is 4.20. The first-order chi connectivity index (χ1) is 16.5. The number of hydrogen-bond donors (Lipinski definition) is 2. The Morgan fingerprint density at radius 1 is 0.971 bits per heavy atom. The van der Waals surface area contributed by atoms with E-state index in [4.69, 9.17) is 4.74 Å². The van der Waals surface area contributed by atoms with Gasteiger partial charge in [0, 0.05) is 17.3 Å². The molecule has 5 rings (SSSR count). The fourth-order valence-corrected chi connectivity index (χ4v) is 4.22. The highest BCUT2D eigenvalue weighted by Crippen LogP contribution is 2.41. The van der Waals surface area contributed by atoms with E-state index in [1.165, 1.54) is 0 Å². The third-order valence-electron chi connectivity index (χ3n) is 5.97. The number of aryl methyl sites for hydroxylation is 1. The lowest BCUT2D eigenvalue weighted by molar-refractivity contribution is -0.127. The van der Waals surface area contributed by atoms with Crippen LogP contribution < -0.4 is 15.4 Å². The molecule has 1 atom stereocenters. The van der Waals surface area contributed by atoms with E-state index in [-0.39, 0.29) is 30.3 Å². The van der Waals surface area contributed by atoms with Crippen molar-refractivity contribution in [3.8, 4) is 11.5 Å². The van der Waals surface area contributed by atoms with Gasteiger partial charge in [-0.15, -0.1) is 0 Å². The molecule has 0 aromatic heterocycles. The summed E-state index contributed by atoms with van der Waals surface area (Å²) in [7, 11) is 0. The van der Waals surface area contributed by atoms with Crippen LogP contribution in [0.25, 0.3) is 0 Å². The Bertz CT molecular complexity index is 1250. The van der Waals surface area contributed by atoms with E-state index < -0.39 is 6.04 Å². The monoisotopic (exact) mass is 455 g/mol. The fourth-order valence-electron chi connectivity index (χ4n) is 4.22. The summed E-state index contributed by atoms with van der Waals surface area (Å²) in [4.78, 5) is 39.9. The summed E-state index contributed by atoms with van der Waals surface area (Å²) in [6, 6.07) is 21.3. The summed E-state index contributed by atoms with van der Waals surface area (Å²) >= 11 is 0. The van der Waals surface area contributed by atoms with Crippen molar-refractivity contribution in [1.82, 2.24) is 10.2 Å². The van der Waals surface area contributed by atoms with Crippen molar-refractivity contribution < 1.29 is 19.1 Å². The van der Waals surface area contributed by atoms with Gasteiger partial charge in [-0.05, 0) is 73.4 Å². The molecular formula is C27H25N3O4. The van der Waals surface area contributed by atoms with Crippen molar-refractivity contribution in [1.29, 1.82) is 0 Å². The molecule has 7 nitrogen and oxygen atoms in total. The molecule has 0 bridgehead atoms. The Morgan fingerprint density at radius 3 is 2.47 bits per heavy atom. The zero-order chi connectivity index (χ0) is 23.7. The molecule has 0 saturated heterocycles. The molecule has 1 unspecified atom stereocenters. The quantitative estimate of drug-likeness (QED) is 0.559. The first kappa shape index (κ1) is 21.7. The summed E-state index contributed by atoms with van der Waals surface area (Å²) in [6.07, 6.45) is 1.79. The van der Waals surface area contributed by atoms with Crippen molar-refractivity contribution in [2.45, 2.75) is 31.8 Å². The van der Waals surface area contributed by atoms with Gasteiger partial charge in [0.25, 0.3) is 5.91 Å². The third-order valence-corrected chi connectivity index (χ3v) is 5.97. The molecule has 1 aliphatic carbocycles. The normalized spacial score (nSPS) is 16.7. The fraction of sp³-hybridized carbons (Fsp3) is 0.222. The van der Waals surface area contributed by atoms with Gasteiger partial charge in [0.05, 0.1) is 6.54 Å². The number of nitrogens with one attached hydrogen (secondary N) is 2. The number of anilines is 1. The Hall–Kier alpha value is -4.13. The number of fused-ring (bicyclic) bond motifs is 1. The van der Waals surface area contributed by atoms with E-state index in [0.717, 1.165) is 24.2 Å². The second-order valence-corrected chi connectivity index (χ2v) is 8.64. The number of carbonyl (C=O) groups excluding carboxylic acids is 3. The van der Waals surface area contributed by atoms with Gasteiger partial charge in [0.1, 0.15) is 17.5 Å². The molecule has 172 valence electrons. The Kier molecular flexibility index (Phi) is 5.76. The maximum absolute atomic E-state index is 13.0. The van der Waals surface area contributed by atoms with Crippen LogP contribution in [0.2, 0.25) is 0 Å². The number of nitrogens with zero attached hydrogens (tertiary/aromatic N) is 1. The van der Waals surface area contributed by atoms with Crippen LogP contribution in [0.15, 0.2) is 72.8 Å². The van der Waals surface area contributed by atoms with Crippen LogP contribution in [0, 0.1) is 6.92 Å². The molecule has 1 fully saturated rings. The number of hydrogen-bond acceptors (Lipinski definition) is 4. The summed E-state index contributed by atoms with van der Waals surface area (Å²) < 4.78 is 5.82. The molecule has 1 aliphatic heterocycles. The zero-order valence-electron chi connectivity index (χ0n) is 18.8. The minimum absolute atomic E-state index is 0.0880. The maximum Gasteiger partial charge on any atom is 0.255 e. The van der Waals surface area contributed by atoms with Crippen LogP contribution in [-0.4, -0.2) is 35.2 Å². The second-order valence-electron chi connectivity index (χ2n) is 8.64. The van der Waals surface area contributed by atoms with E-state index >= 15 is 0 Å². The molecule has 34 heavy (non-hydrogen) atoms. The number of amides is 3. The van der Waals surface area contributed by atoms with E-state index in [1.807, 2.05) is 37.3 Å². The summed E-state index contributed by atoms with van der Waals surface area (Å²) in [5.74, 6) is 0.586. The smallest absolute Gasteiger partial charge is 0.255 e. The summed E-state index contributed by atoms with van der Waals surface area (Å²) in [6.45, 7) is 1.81. The Labute approximate surface area is 197 Å². The highest BCUT2D eigenvalue weighted by Gasteiger charge is 2.47. The van der Waals surface area contributed by atoms with Gasteiger partial charge >= 0.3 is 0 Å². The van der Waals surface area contributed by atoms with Crippen LogP contribution in [0.5, 0.6) is 11.5 Å². The van der Waals surface area contributed by atoms with Gasteiger partial charge in [-0.3, -0.25) is 14.4 Å². The highest BCUT2D eigenvalue weighted by atomic mass is 16.5. The minimum Gasteiger partial charge on any atom is -0.457 e. The van der Waals surface area contributed by atoms with Crippen LogP contribution >= 0.6 is 0 Å². The van der Waals surface area contributed by atoms with Crippen molar-refractivity contribution >= 4 is 23.4 Å². The molecule has 3 amide bonds. The van der Waals surface area contributed by atoms with Crippen LogP contribution in [-0.2, 0) is 9.59 Å². The average molecular weight is 456 g/mol. The van der Waals surface area contributed by atoms with Gasteiger partial charge in [0.15, 0.2) is 0 Å². The van der Waals surface area contributed by atoms with Gasteiger partial charge in [-0.2, -0.15) is 0 Å². The van der Waals surface area contributed by atoms with E-state index in [1.54, 1.807) is 47.4 Å². The molecule has 2 N–H and O–H groups in total. The SMILES string of the molecule is Cc1cccc(Oc2ccc(NC(=O)CNC(=O)C3c4ccccc4C(=O)N3C3CC3)cc2)c1. The van der Waals surface area contributed by atoms with Crippen LogP contribution in [0.1, 0.15) is 40.4 Å². The van der Waals surface area contributed by atoms with Crippen molar-refractivity contribution in [2.24, 2.45) is 0 Å². The lowest BCUT2D eigenvalue weighted by Crippen LogP contribution is -2.42. The summed E-state index contributed by atoms with van der Waals surface area (Å²) in [5.41, 5.74) is 2.96. The first-order valence-electron chi connectivity index (χ1n) is 11.3. The number of carbonyl (C=O) groups is 3. The van der Waals surface area contributed by atoms with E-state index in [9.17, 15) is 14.4 Å². The minimum atomic E-state index is -0.693. The van der Waals surface area contributed by atoms with Crippen molar-refractivity contribution in [2.75, 3.05) is 11.9 Å². The van der Waals surface area contributed by atoms with Crippen LogP contribution in [0.3, 0.4) is 0 Å². The predicted molar refractivity (Wildman–Crippen MR) is 128 cm³/mol. The lowest BCUT2D eigenvalue weighted by atomic mass is 10.0. The van der Waals surface area contributed by atoms with Gasteiger partial charge in [-0.1, -0.05) is 30.3 Å². The zero-order valence-corrected chi connectivity index (χ0v) is 18.8.